The predicted octanol–water partition coefficient (Wildman–Crippen LogP) is 5.63. The lowest BCUT2D eigenvalue weighted by Crippen LogP contribution is -2.45. The average Bonchev–Trinajstić information content (AvgIpc) is 3.42. The zero-order valence-corrected chi connectivity index (χ0v) is 20.8. The number of oxazole rings is 1. The lowest BCUT2D eigenvalue weighted by Gasteiger charge is -2.31. The summed E-state index contributed by atoms with van der Waals surface area (Å²) in [5.74, 6) is 0.108. The van der Waals surface area contributed by atoms with E-state index in [-0.39, 0.29) is 18.4 Å². The van der Waals surface area contributed by atoms with Gasteiger partial charge >= 0.3 is 6.09 Å². The highest BCUT2D eigenvalue weighted by molar-refractivity contribution is 6.30. The number of halogens is 2. The summed E-state index contributed by atoms with van der Waals surface area (Å²) < 4.78 is 31.8. The molecule has 0 saturated carbocycles. The van der Waals surface area contributed by atoms with Gasteiger partial charge in [-0.2, -0.15) is 4.98 Å². The zero-order valence-electron chi connectivity index (χ0n) is 20.1. The Balaban J connectivity index is 1.53. The minimum atomic E-state index is -0.754. The van der Waals surface area contributed by atoms with Gasteiger partial charge in [0.15, 0.2) is 17.4 Å². The van der Waals surface area contributed by atoms with Gasteiger partial charge in [-0.3, -0.25) is 0 Å². The number of anilines is 2. The van der Waals surface area contributed by atoms with Gasteiger partial charge in [-0.25, -0.2) is 24.1 Å². The summed E-state index contributed by atoms with van der Waals surface area (Å²) in [7, 11) is 0. The Morgan fingerprint density at radius 1 is 1.20 bits per heavy atom. The number of amides is 1. The van der Waals surface area contributed by atoms with E-state index in [0.29, 0.717) is 16.7 Å². The molecule has 1 aliphatic heterocycles. The highest BCUT2D eigenvalue weighted by Gasteiger charge is 2.42. The molecule has 1 amide bonds. The van der Waals surface area contributed by atoms with Gasteiger partial charge in [-0.05, 0) is 58.9 Å². The Kier molecular flexibility index (Phi) is 6.95. The molecule has 4 rings (SSSR count). The topological polar surface area (TPSA) is 103 Å². The number of cyclic esters (lactones) is 1. The first kappa shape index (κ1) is 24.9. The Hall–Kier alpha value is -3.24. The number of aromatic nitrogens is 3. The van der Waals surface area contributed by atoms with Crippen LogP contribution in [0.5, 0.6) is 0 Å². The molecule has 3 atom stereocenters. The van der Waals surface area contributed by atoms with Crippen molar-refractivity contribution in [1.29, 1.82) is 0 Å². The Bertz CT molecular complexity index is 1200. The number of rotatable bonds is 7. The molecule has 3 heterocycles. The minimum Gasteiger partial charge on any atom is -0.447 e. The lowest BCUT2D eigenvalue weighted by molar-refractivity contribution is -0.0618. The molecule has 9 nitrogen and oxygen atoms in total. The molecule has 1 fully saturated rings. The molecular weight excluding hydrogens is 477 g/mol. The van der Waals surface area contributed by atoms with E-state index in [1.54, 1.807) is 25.3 Å². The van der Waals surface area contributed by atoms with Gasteiger partial charge in [0.2, 0.25) is 11.8 Å². The molecule has 2 aromatic heterocycles. The molecular formula is C24H27ClFN5O4. The first-order valence-electron chi connectivity index (χ1n) is 11.2. The highest BCUT2D eigenvalue weighted by atomic mass is 35.5. The van der Waals surface area contributed by atoms with Crippen molar-refractivity contribution in [3.8, 4) is 11.3 Å². The molecule has 3 aromatic rings. The van der Waals surface area contributed by atoms with Gasteiger partial charge in [0, 0.05) is 10.6 Å². The average molecular weight is 504 g/mol. The van der Waals surface area contributed by atoms with Crippen molar-refractivity contribution in [2.75, 3.05) is 16.8 Å². The van der Waals surface area contributed by atoms with Crippen LogP contribution in [-0.2, 0) is 9.47 Å². The fourth-order valence-electron chi connectivity index (χ4n) is 3.75. The van der Waals surface area contributed by atoms with Gasteiger partial charge in [0.05, 0.1) is 24.1 Å². The van der Waals surface area contributed by atoms with Crippen molar-refractivity contribution in [2.45, 2.75) is 58.4 Å². The quantitative estimate of drug-likeness (QED) is 0.442. The number of hydrogen-bond donors (Lipinski definition) is 1. The number of carbonyl (C=O) groups excluding carboxylic acids is 1. The van der Waals surface area contributed by atoms with Crippen LogP contribution in [0.2, 0.25) is 5.02 Å². The fourth-order valence-corrected chi connectivity index (χ4v) is 3.87. The van der Waals surface area contributed by atoms with Crippen molar-refractivity contribution < 1.29 is 23.1 Å². The normalized spacial score (nSPS) is 17.9. The maximum Gasteiger partial charge on any atom is 0.416 e. The molecule has 1 unspecified atom stereocenters. The van der Waals surface area contributed by atoms with E-state index in [1.807, 2.05) is 39.8 Å². The zero-order chi connectivity index (χ0) is 25.3. The second-order valence-corrected chi connectivity index (χ2v) is 9.69. The molecule has 0 radical (unpaired) electrons. The summed E-state index contributed by atoms with van der Waals surface area (Å²) in [6.07, 6.45) is 1.49. The first-order chi connectivity index (χ1) is 16.5. The molecule has 35 heavy (non-hydrogen) atoms. The third-order valence-electron chi connectivity index (χ3n) is 5.31. The van der Waals surface area contributed by atoms with E-state index in [9.17, 15) is 9.18 Å². The fraction of sp³-hybridized carbons (Fsp3) is 0.417. The third-order valence-corrected chi connectivity index (χ3v) is 5.56. The van der Waals surface area contributed by atoms with Crippen LogP contribution in [0.3, 0.4) is 0 Å². The smallest absolute Gasteiger partial charge is 0.416 e. The largest absolute Gasteiger partial charge is 0.447 e. The van der Waals surface area contributed by atoms with Crippen LogP contribution in [-0.4, -0.2) is 45.4 Å². The van der Waals surface area contributed by atoms with Crippen LogP contribution in [0.4, 0.5) is 21.0 Å². The van der Waals surface area contributed by atoms with Crippen molar-refractivity contribution >= 4 is 29.5 Å². The standard InChI is InChI=1S/C24H27ClFN5O4/c1-13(21-27-11-19(34-21)15-6-8-16(25)9-7-15)29-22-28-10-17(26)20(30-22)31-18(12-33-23(31)32)14(2)35-24(3,4)5/h6-11,13-14,18H,12H2,1-5H3,(H,28,29,30)/t13?,14-,18-/m1/s1. The maximum atomic E-state index is 14.8. The highest BCUT2D eigenvalue weighted by Crippen LogP contribution is 2.30. The van der Waals surface area contributed by atoms with Gasteiger partial charge in [0.25, 0.3) is 0 Å². The first-order valence-corrected chi connectivity index (χ1v) is 11.5. The van der Waals surface area contributed by atoms with Crippen LogP contribution < -0.4 is 10.2 Å². The van der Waals surface area contributed by atoms with Crippen LogP contribution in [0.15, 0.2) is 41.1 Å². The van der Waals surface area contributed by atoms with E-state index < -0.39 is 35.7 Å². The number of carbonyl (C=O) groups is 1. The summed E-state index contributed by atoms with van der Waals surface area (Å²) >= 11 is 5.94. The van der Waals surface area contributed by atoms with Crippen LogP contribution in [0.25, 0.3) is 11.3 Å². The van der Waals surface area contributed by atoms with Gasteiger partial charge in [-0.15, -0.1) is 0 Å². The Labute approximate surface area is 207 Å². The molecule has 1 saturated heterocycles. The molecule has 1 aliphatic rings. The minimum absolute atomic E-state index is 0.0580. The summed E-state index contributed by atoms with van der Waals surface area (Å²) in [5.41, 5.74) is 0.370. The van der Waals surface area contributed by atoms with Gasteiger partial charge in [-0.1, -0.05) is 11.6 Å². The maximum absolute atomic E-state index is 14.8. The molecule has 0 spiro atoms. The molecule has 1 N–H and O–H groups in total. The second-order valence-electron chi connectivity index (χ2n) is 9.25. The van der Waals surface area contributed by atoms with E-state index in [2.05, 4.69) is 20.3 Å². The van der Waals surface area contributed by atoms with Crippen LogP contribution in [0.1, 0.15) is 46.6 Å². The van der Waals surface area contributed by atoms with Crippen molar-refractivity contribution in [2.24, 2.45) is 0 Å². The summed E-state index contributed by atoms with van der Waals surface area (Å²) in [4.78, 5) is 26.3. The number of benzene rings is 1. The van der Waals surface area contributed by atoms with Gasteiger partial charge in [0.1, 0.15) is 18.7 Å². The van der Waals surface area contributed by atoms with Crippen molar-refractivity contribution in [1.82, 2.24) is 15.0 Å². The Morgan fingerprint density at radius 2 is 1.91 bits per heavy atom. The number of hydrogen-bond acceptors (Lipinski definition) is 8. The van der Waals surface area contributed by atoms with Crippen LogP contribution in [0, 0.1) is 5.82 Å². The summed E-state index contributed by atoms with van der Waals surface area (Å²) in [6.45, 7) is 9.38. The number of nitrogens with one attached hydrogen (secondary N) is 1. The Morgan fingerprint density at radius 3 is 2.60 bits per heavy atom. The van der Waals surface area contributed by atoms with E-state index in [0.717, 1.165) is 11.8 Å². The van der Waals surface area contributed by atoms with E-state index >= 15 is 0 Å². The number of nitrogens with zero attached hydrogens (tertiary/aromatic N) is 4. The third kappa shape index (κ3) is 5.71. The van der Waals surface area contributed by atoms with Crippen molar-refractivity contribution in [3.63, 3.8) is 0 Å². The predicted molar refractivity (Wildman–Crippen MR) is 129 cm³/mol. The molecule has 0 aliphatic carbocycles. The second kappa shape index (κ2) is 9.79. The van der Waals surface area contributed by atoms with E-state index in [4.69, 9.17) is 25.5 Å². The van der Waals surface area contributed by atoms with E-state index in [1.165, 1.54) is 4.90 Å². The SMILES string of the molecule is CC(Nc1ncc(F)c(N2C(=O)OC[C@@H]2[C@@H](C)OC(C)(C)C)n1)c1ncc(-c2ccc(Cl)cc2)o1. The molecule has 0 bridgehead atoms. The number of ether oxygens (including phenoxy) is 2. The monoisotopic (exact) mass is 503 g/mol. The molecule has 11 heteroatoms. The summed E-state index contributed by atoms with van der Waals surface area (Å²) in [5, 5.41) is 3.67. The van der Waals surface area contributed by atoms with Gasteiger partial charge < -0.3 is 19.2 Å². The molecule has 186 valence electrons. The van der Waals surface area contributed by atoms with Crippen molar-refractivity contribution in [3.05, 3.63) is 53.4 Å². The summed E-state index contributed by atoms with van der Waals surface area (Å²) in [6, 6.07) is 6.19. The van der Waals surface area contributed by atoms with Crippen LogP contribution >= 0.6 is 11.6 Å². The molecule has 1 aromatic carbocycles. The lowest BCUT2D eigenvalue weighted by atomic mass is 10.1.